The van der Waals surface area contributed by atoms with Crippen molar-refractivity contribution in [3.63, 3.8) is 0 Å². The lowest BCUT2D eigenvalue weighted by Gasteiger charge is -2.21. The fourth-order valence-electron chi connectivity index (χ4n) is 2.47. The Morgan fingerprint density at radius 1 is 1.33 bits per heavy atom. The predicted octanol–water partition coefficient (Wildman–Crippen LogP) is 2.09. The van der Waals surface area contributed by atoms with E-state index in [1.807, 2.05) is 0 Å². The van der Waals surface area contributed by atoms with Gasteiger partial charge in [-0.05, 0) is 43.4 Å². The molecule has 1 aromatic rings. The first-order chi connectivity index (χ1) is 11.6. The van der Waals surface area contributed by atoms with Crippen LogP contribution in [-0.4, -0.2) is 50.0 Å². The van der Waals surface area contributed by atoms with Crippen LogP contribution in [0.2, 0.25) is 0 Å². The van der Waals surface area contributed by atoms with E-state index in [-0.39, 0.29) is 11.1 Å². The summed E-state index contributed by atoms with van der Waals surface area (Å²) < 4.78 is 24.6. The van der Waals surface area contributed by atoms with Crippen LogP contribution in [0.5, 0.6) is 0 Å². The zero-order chi connectivity index (χ0) is 17.4. The molecule has 1 saturated heterocycles. The van der Waals surface area contributed by atoms with Gasteiger partial charge in [-0.2, -0.15) is 0 Å². The zero-order valence-corrected chi connectivity index (χ0v) is 13.4. The Kier molecular flexibility index (Phi) is 7.14. The molecule has 2 N–H and O–H groups in total. The molecular weight excluding hydrogens is 317 g/mol. The Morgan fingerprint density at radius 3 is 2.75 bits per heavy atom. The van der Waals surface area contributed by atoms with Crippen LogP contribution in [0, 0.1) is 11.7 Å². The summed E-state index contributed by atoms with van der Waals surface area (Å²) in [6, 6.07) is 3.22. The summed E-state index contributed by atoms with van der Waals surface area (Å²) in [5.41, 5.74) is -0.353. The molecule has 0 saturated carbocycles. The molecule has 1 aliphatic rings. The number of carboxylic acids is 1. The van der Waals surface area contributed by atoms with Gasteiger partial charge in [0.1, 0.15) is 5.82 Å². The number of hydrogen-bond acceptors (Lipinski definition) is 4. The number of carbonyl (C=O) groups excluding carboxylic acids is 1. The van der Waals surface area contributed by atoms with Gasteiger partial charge < -0.3 is 19.9 Å². The van der Waals surface area contributed by atoms with Gasteiger partial charge in [-0.3, -0.25) is 4.79 Å². The lowest BCUT2D eigenvalue weighted by Crippen LogP contribution is -2.26. The number of halogens is 1. The van der Waals surface area contributed by atoms with E-state index in [4.69, 9.17) is 14.6 Å². The van der Waals surface area contributed by atoms with Crippen LogP contribution in [0.25, 0.3) is 0 Å². The lowest BCUT2D eigenvalue weighted by molar-refractivity contribution is 0.0202. The van der Waals surface area contributed by atoms with Crippen molar-refractivity contribution in [2.75, 3.05) is 33.0 Å². The van der Waals surface area contributed by atoms with Crippen molar-refractivity contribution in [2.24, 2.45) is 5.92 Å². The first kappa shape index (κ1) is 18.4. The third-order valence-electron chi connectivity index (χ3n) is 3.91. The number of ether oxygens (including phenoxy) is 2. The summed E-state index contributed by atoms with van der Waals surface area (Å²) in [6.07, 6.45) is 2.66. The highest BCUT2D eigenvalue weighted by Gasteiger charge is 2.15. The van der Waals surface area contributed by atoms with Crippen molar-refractivity contribution in [1.29, 1.82) is 0 Å². The molecule has 1 heterocycles. The largest absolute Gasteiger partial charge is 0.478 e. The van der Waals surface area contributed by atoms with Gasteiger partial charge in [-0.25, -0.2) is 9.18 Å². The van der Waals surface area contributed by atoms with E-state index in [0.717, 1.165) is 32.1 Å². The van der Waals surface area contributed by atoms with E-state index in [0.29, 0.717) is 32.1 Å². The topological polar surface area (TPSA) is 84.9 Å². The monoisotopic (exact) mass is 339 g/mol. The number of nitrogens with one attached hydrogen (secondary N) is 1. The van der Waals surface area contributed by atoms with E-state index in [2.05, 4.69) is 5.32 Å². The number of carboxylic acid groups (broad SMARTS) is 1. The van der Waals surface area contributed by atoms with Gasteiger partial charge in [0, 0.05) is 33.0 Å². The van der Waals surface area contributed by atoms with Gasteiger partial charge in [-0.15, -0.1) is 0 Å². The van der Waals surface area contributed by atoms with Gasteiger partial charge >= 0.3 is 5.97 Å². The highest BCUT2D eigenvalue weighted by Crippen LogP contribution is 2.14. The van der Waals surface area contributed by atoms with E-state index < -0.39 is 17.7 Å². The Balaban J connectivity index is 1.65. The summed E-state index contributed by atoms with van der Waals surface area (Å²) in [5.74, 6) is -2.10. The van der Waals surface area contributed by atoms with Crippen LogP contribution in [-0.2, 0) is 9.47 Å². The molecule has 7 heteroatoms. The predicted molar refractivity (Wildman–Crippen MR) is 84.7 cm³/mol. The number of carbonyl (C=O) groups is 2. The maximum Gasteiger partial charge on any atom is 0.335 e. The second kappa shape index (κ2) is 9.34. The van der Waals surface area contributed by atoms with E-state index >= 15 is 0 Å². The molecule has 1 fully saturated rings. The Hall–Kier alpha value is -1.99. The Labute approximate surface area is 139 Å². The van der Waals surface area contributed by atoms with Crippen molar-refractivity contribution in [1.82, 2.24) is 5.32 Å². The molecule has 0 unspecified atom stereocenters. The molecule has 0 atom stereocenters. The van der Waals surface area contributed by atoms with Gasteiger partial charge in [0.25, 0.3) is 5.91 Å². The Bertz CT molecular complexity index is 572. The average molecular weight is 339 g/mol. The second-order valence-electron chi connectivity index (χ2n) is 5.74. The van der Waals surface area contributed by atoms with Crippen LogP contribution in [0.15, 0.2) is 18.2 Å². The van der Waals surface area contributed by atoms with E-state index in [9.17, 15) is 14.0 Å². The minimum Gasteiger partial charge on any atom is -0.478 e. The van der Waals surface area contributed by atoms with Gasteiger partial charge in [0.15, 0.2) is 0 Å². The van der Waals surface area contributed by atoms with E-state index in [1.165, 1.54) is 12.1 Å². The minimum absolute atomic E-state index is 0.164. The molecule has 1 aromatic carbocycles. The fraction of sp³-hybridized carbons (Fsp3) is 0.529. The van der Waals surface area contributed by atoms with Crippen molar-refractivity contribution in [2.45, 2.75) is 19.3 Å². The fourth-order valence-corrected chi connectivity index (χ4v) is 2.47. The van der Waals surface area contributed by atoms with Crippen molar-refractivity contribution in [3.8, 4) is 0 Å². The maximum atomic E-state index is 13.7. The number of aromatic carboxylic acids is 1. The SMILES string of the molecule is O=C(O)c1ccc(C(=O)NCCCOCC2CCOCC2)c(F)c1. The Morgan fingerprint density at radius 2 is 2.08 bits per heavy atom. The van der Waals surface area contributed by atoms with Crippen LogP contribution in [0.3, 0.4) is 0 Å². The van der Waals surface area contributed by atoms with Crippen molar-refractivity contribution >= 4 is 11.9 Å². The number of rotatable bonds is 8. The molecule has 0 radical (unpaired) electrons. The van der Waals surface area contributed by atoms with Gasteiger partial charge in [0.2, 0.25) is 0 Å². The van der Waals surface area contributed by atoms with Gasteiger partial charge in [0.05, 0.1) is 11.1 Å². The summed E-state index contributed by atoms with van der Waals surface area (Å²) in [4.78, 5) is 22.6. The molecule has 2 rings (SSSR count). The molecule has 1 amide bonds. The molecule has 24 heavy (non-hydrogen) atoms. The van der Waals surface area contributed by atoms with Gasteiger partial charge in [-0.1, -0.05) is 0 Å². The summed E-state index contributed by atoms with van der Waals surface area (Å²) in [6.45, 7) is 3.17. The number of amides is 1. The van der Waals surface area contributed by atoms with Crippen LogP contribution < -0.4 is 5.32 Å². The third-order valence-corrected chi connectivity index (χ3v) is 3.91. The van der Waals surface area contributed by atoms with Crippen LogP contribution in [0.4, 0.5) is 4.39 Å². The standard InChI is InChI=1S/C17H22FNO5/c18-15-10-13(17(21)22)2-3-14(15)16(20)19-6-1-7-24-11-12-4-8-23-9-5-12/h2-3,10,12H,1,4-9,11H2,(H,19,20)(H,21,22). The van der Waals surface area contributed by atoms with Crippen molar-refractivity contribution < 1.29 is 28.6 Å². The maximum absolute atomic E-state index is 13.7. The second-order valence-corrected chi connectivity index (χ2v) is 5.74. The number of benzene rings is 1. The lowest BCUT2D eigenvalue weighted by atomic mass is 10.0. The quantitative estimate of drug-likeness (QED) is 0.709. The highest BCUT2D eigenvalue weighted by molar-refractivity contribution is 5.96. The number of hydrogen-bond donors (Lipinski definition) is 2. The third kappa shape index (κ3) is 5.58. The molecular formula is C17H22FNO5. The normalized spacial score (nSPS) is 15.2. The molecule has 6 nitrogen and oxygen atoms in total. The average Bonchev–Trinajstić information content (AvgIpc) is 2.58. The summed E-state index contributed by atoms with van der Waals surface area (Å²) >= 11 is 0. The summed E-state index contributed by atoms with van der Waals surface area (Å²) in [7, 11) is 0. The van der Waals surface area contributed by atoms with Crippen LogP contribution >= 0.6 is 0 Å². The summed E-state index contributed by atoms with van der Waals surface area (Å²) in [5, 5.41) is 11.4. The first-order valence-electron chi connectivity index (χ1n) is 8.04. The zero-order valence-electron chi connectivity index (χ0n) is 13.4. The minimum atomic E-state index is -1.23. The molecule has 0 bridgehead atoms. The molecule has 132 valence electrons. The highest BCUT2D eigenvalue weighted by atomic mass is 19.1. The van der Waals surface area contributed by atoms with E-state index in [1.54, 1.807) is 0 Å². The molecule has 0 aliphatic carbocycles. The van der Waals surface area contributed by atoms with Crippen LogP contribution in [0.1, 0.15) is 40.0 Å². The molecule has 0 aromatic heterocycles. The first-order valence-corrected chi connectivity index (χ1v) is 8.04. The molecule has 0 spiro atoms. The molecule has 1 aliphatic heterocycles. The van der Waals surface area contributed by atoms with Crippen molar-refractivity contribution in [3.05, 3.63) is 35.1 Å². The smallest absolute Gasteiger partial charge is 0.335 e.